The fourth-order valence-electron chi connectivity index (χ4n) is 1.98. The summed E-state index contributed by atoms with van der Waals surface area (Å²) in [4.78, 5) is 6.83. The molecule has 0 aromatic carbocycles. The normalized spacial score (nSPS) is 18.7. The molecule has 2 heterocycles. The molecule has 0 bridgehead atoms. The zero-order chi connectivity index (χ0) is 10.9. The highest BCUT2D eigenvalue weighted by Gasteiger charge is 2.37. The first kappa shape index (κ1) is 10.7. The molecule has 1 aliphatic rings. The maximum absolute atomic E-state index is 5.77. The number of halogens is 1. The monoisotopic (exact) mass is 224 g/mol. The van der Waals surface area contributed by atoms with Crippen molar-refractivity contribution in [2.45, 2.75) is 26.1 Å². The van der Waals surface area contributed by atoms with Gasteiger partial charge in [-0.15, -0.1) is 11.6 Å². The number of anilines is 1. The average Bonchev–Trinajstić information content (AvgIpc) is 2.25. The van der Waals surface area contributed by atoms with Crippen LogP contribution < -0.4 is 4.90 Å². The van der Waals surface area contributed by atoms with E-state index in [1.54, 1.807) is 0 Å². The molecule has 0 amide bonds. The molecular weight excluding hydrogens is 208 g/mol. The minimum atomic E-state index is 0.485. The SMILES string of the molecule is CCC1(C)CN(c2cccc(CCl)n2)C1. The van der Waals surface area contributed by atoms with E-state index in [1.165, 1.54) is 6.42 Å². The van der Waals surface area contributed by atoms with Crippen LogP contribution in [0, 0.1) is 5.41 Å². The third-order valence-electron chi connectivity index (χ3n) is 3.25. The molecule has 1 fully saturated rings. The Labute approximate surface area is 96.3 Å². The fourth-order valence-corrected chi connectivity index (χ4v) is 2.13. The summed E-state index contributed by atoms with van der Waals surface area (Å²) < 4.78 is 0. The van der Waals surface area contributed by atoms with Crippen molar-refractivity contribution in [3.05, 3.63) is 23.9 Å². The molecule has 3 heteroatoms. The van der Waals surface area contributed by atoms with Crippen LogP contribution >= 0.6 is 11.6 Å². The predicted octanol–water partition coefficient (Wildman–Crippen LogP) is 3.06. The molecule has 0 atom stereocenters. The molecule has 15 heavy (non-hydrogen) atoms. The summed E-state index contributed by atoms with van der Waals surface area (Å²) in [6.07, 6.45) is 1.23. The van der Waals surface area contributed by atoms with Gasteiger partial charge in [-0.1, -0.05) is 19.9 Å². The van der Waals surface area contributed by atoms with Crippen LogP contribution in [-0.4, -0.2) is 18.1 Å². The number of hydrogen-bond donors (Lipinski definition) is 0. The summed E-state index contributed by atoms with van der Waals surface area (Å²) in [7, 11) is 0. The summed E-state index contributed by atoms with van der Waals surface area (Å²) in [6.45, 7) is 6.80. The van der Waals surface area contributed by atoms with Gasteiger partial charge in [0.25, 0.3) is 0 Å². The highest BCUT2D eigenvalue weighted by atomic mass is 35.5. The third kappa shape index (κ3) is 2.10. The number of hydrogen-bond acceptors (Lipinski definition) is 2. The molecule has 0 radical (unpaired) electrons. The van der Waals surface area contributed by atoms with Crippen LogP contribution in [0.4, 0.5) is 5.82 Å². The number of rotatable bonds is 3. The fraction of sp³-hybridized carbons (Fsp3) is 0.583. The van der Waals surface area contributed by atoms with E-state index in [0.717, 1.165) is 24.6 Å². The first-order valence-corrected chi connectivity index (χ1v) is 5.97. The lowest BCUT2D eigenvalue weighted by atomic mass is 9.79. The van der Waals surface area contributed by atoms with Crippen molar-refractivity contribution in [2.75, 3.05) is 18.0 Å². The number of nitrogens with zero attached hydrogens (tertiary/aromatic N) is 2. The van der Waals surface area contributed by atoms with Crippen molar-refractivity contribution < 1.29 is 0 Å². The van der Waals surface area contributed by atoms with E-state index in [-0.39, 0.29) is 0 Å². The zero-order valence-electron chi connectivity index (χ0n) is 9.33. The Kier molecular flexibility index (Phi) is 2.87. The zero-order valence-corrected chi connectivity index (χ0v) is 10.1. The number of pyridine rings is 1. The van der Waals surface area contributed by atoms with Crippen LogP contribution in [0.3, 0.4) is 0 Å². The Hall–Kier alpha value is -0.760. The Morgan fingerprint density at radius 3 is 2.80 bits per heavy atom. The molecule has 2 nitrogen and oxygen atoms in total. The van der Waals surface area contributed by atoms with Gasteiger partial charge in [0.15, 0.2) is 0 Å². The summed E-state index contributed by atoms with van der Waals surface area (Å²) in [6, 6.07) is 6.06. The van der Waals surface area contributed by atoms with Crippen LogP contribution in [0.2, 0.25) is 0 Å². The second-order valence-electron chi connectivity index (χ2n) is 4.64. The van der Waals surface area contributed by atoms with Gasteiger partial charge < -0.3 is 4.90 Å². The van der Waals surface area contributed by atoms with Gasteiger partial charge in [-0.2, -0.15) is 0 Å². The lowest BCUT2D eigenvalue weighted by molar-refractivity contribution is 0.232. The standard InChI is InChI=1S/C12H17ClN2/c1-3-12(2)8-15(9-12)11-6-4-5-10(7-13)14-11/h4-6H,3,7-9H2,1-2H3. The van der Waals surface area contributed by atoms with E-state index in [1.807, 2.05) is 12.1 Å². The lowest BCUT2D eigenvalue weighted by Gasteiger charge is -2.48. The molecule has 82 valence electrons. The summed E-state index contributed by atoms with van der Waals surface area (Å²) in [5, 5.41) is 0. The van der Waals surface area contributed by atoms with E-state index < -0.39 is 0 Å². The summed E-state index contributed by atoms with van der Waals surface area (Å²) in [5.74, 6) is 1.56. The van der Waals surface area contributed by atoms with Gasteiger partial charge in [-0.25, -0.2) is 4.98 Å². The second-order valence-corrected chi connectivity index (χ2v) is 4.91. The summed E-state index contributed by atoms with van der Waals surface area (Å²) >= 11 is 5.77. The van der Waals surface area contributed by atoms with Crippen molar-refractivity contribution >= 4 is 17.4 Å². The van der Waals surface area contributed by atoms with Gasteiger partial charge in [0, 0.05) is 18.5 Å². The van der Waals surface area contributed by atoms with E-state index >= 15 is 0 Å². The predicted molar refractivity (Wildman–Crippen MR) is 64.4 cm³/mol. The van der Waals surface area contributed by atoms with Crippen LogP contribution in [0.5, 0.6) is 0 Å². The van der Waals surface area contributed by atoms with Gasteiger partial charge in [0.2, 0.25) is 0 Å². The van der Waals surface area contributed by atoms with Crippen molar-refractivity contribution in [2.24, 2.45) is 5.41 Å². The minimum absolute atomic E-state index is 0.485. The Morgan fingerprint density at radius 2 is 2.20 bits per heavy atom. The van der Waals surface area contributed by atoms with Gasteiger partial charge in [-0.05, 0) is 18.6 Å². The van der Waals surface area contributed by atoms with Crippen molar-refractivity contribution in [3.63, 3.8) is 0 Å². The molecule has 0 N–H and O–H groups in total. The first-order valence-electron chi connectivity index (χ1n) is 5.44. The largest absolute Gasteiger partial charge is 0.355 e. The molecule has 1 aromatic heterocycles. The van der Waals surface area contributed by atoms with Crippen LogP contribution in [0.25, 0.3) is 0 Å². The number of alkyl halides is 1. The molecule has 1 aliphatic heterocycles. The highest BCUT2D eigenvalue weighted by Crippen LogP contribution is 2.35. The molecular formula is C12H17ClN2. The number of aromatic nitrogens is 1. The van der Waals surface area contributed by atoms with Crippen LogP contribution in [0.1, 0.15) is 26.0 Å². The molecule has 1 saturated heterocycles. The van der Waals surface area contributed by atoms with E-state index in [0.29, 0.717) is 11.3 Å². The Balaban J connectivity index is 2.06. The molecule has 0 saturated carbocycles. The van der Waals surface area contributed by atoms with Gasteiger partial charge in [0.1, 0.15) is 5.82 Å². The van der Waals surface area contributed by atoms with Crippen molar-refractivity contribution in [3.8, 4) is 0 Å². The van der Waals surface area contributed by atoms with Gasteiger partial charge in [-0.3, -0.25) is 0 Å². The third-order valence-corrected chi connectivity index (χ3v) is 3.53. The van der Waals surface area contributed by atoms with Gasteiger partial charge >= 0.3 is 0 Å². The molecule has 2 rings (SSSR count). The molecule has 0 spiro atoms. The van der Waals surface area contributed by atoms with Crippen molar-refractivity contribution in [1.82, 2.24) is 4.98 Å². The Bertz CT molecular complexity index is 345. The topological polar surface area (TPSA) is 16.1 Å². The molecule has 0 aliphatic carbocycles. The minimum Gasteiger partial charge on any atom is -0.355 e. The van der Waals surface area contributed by atoms with Crippen LogP contribution in [0.15, 0.2) is 18.2 Å². The molecule has 1 aromatic rings. The van der Waals surface area contributed by atoms with E-state index in [2.05, 4.69) is 29.8 Å². The van der Waals surface area contributed by atoms with Crippen LogP contribution in [-0.2, 0) is 5.88 Å². The summed E-state index contributed by atoms with van der Waals surface area (Å²) in [5.41, 5.74) is 1.44. The first-order chi connectivity index (χ1) is 7.17. The van der Waals surface area contributed by atoms with E-state index in [9.17, 15) is 0 Å². The molecule has 0 unspecified atom stereocenters. The quantitative estimate of drug-likeness (QED) is 0.734. The average molecular weight is 225 g/mol. The maximum Gasteiger partial charge on any atom is 0.128 e. The van der Waals surface area contributed by atoms with Crippen molar-refractivity contribution in [1.29, 1.82) is 0 Å². The lowest BCUT2D eigenvalue weighted by Crippen LogP contribution is -2.54. The Morgan fingerprint density at radius 1 is 1.47 bits per heavy atom. The van der Waals surface area contributed by atoms with Gasteiger partial charge in [0.05, 0.1) is 11.6 Å². The second kappa shape index (κ2) is 4.01. The maximum atomic E-state index is 5.77. The van der Waals surface area contributed by atoms with E-state index in [4.69, 9.17) is 11.6 Å². The highest BCUT2D eigenvalue weighted by molar-refractivity contribution is 6.16. The smallest absolute Gasteiger partial charge is 0.128 e.